The van der Waals surface area contributed by atoms with E-state index in [1.807, 2.05) is 11.7 Å². The summed E-state index contributed by atoms with van der Waals surface area (Å²) in [6.07, 6.45) is 3.22. The SMILES string of the molecule is Cn1nc2c(c1C(CN)CC(=O)O)CCC2. The van der Waals surface area contributed by atoms with Crippen molar-refractivity contribution in [2.24, 2.45) is 12.8 Å². The molecule has 5 heteroatoms. The van der Waals surface area contributed by atoms with Gasteiger partial charge in [-0.2, -0.15) is 5.10 Å². The molecule has 0 fully saturated rings. The zero-order chi connectivity index (χ0) is 11.7. The number of hydrogen-bond acceptors (Lipinski definition) is 3. The lowest BCUT2D eigenvalue weighted by molar-refractivity contribution is -0.137. The summed E-state index contributed by atoms with van der Waals surface area (Å²) in [7, 11) is 1.87. The summed E-state index contributed by atoms with van der Waals surface area (Å²) in [5, 5.41) is 13.3. The molecular formula is C11H17N3O2. The molecule has 0 aliphatic heterocycles. The molecule has 1 atom stereocenters. The molecular weight excluding hydrogens is 206 g/mol. The van der Waals surface area contributed by atoms with Gasteiger partial charge in [0.1, 0.15) is 0 Å². The van der Waals surface area contributed by atoms with Crippen LogP contribution < -0.4 is 5.73 Å². The smallest absolute Gasteiger partial charge is 0.304 e. The molecule has 0 radical (unpaired) electrons. The first-order chi connectivity index (χ1) is 7.63. The molecule has 88 valence electrons. The highest BCUT2D eigenvalue weighted by Crippen LogP contribution is 2.30. The van der Waals surface area contributed by atoms with Gasteiger partial charge in [0.2, 0.25) is 0 Å². The minimum atomic E-state index is -0.802. The summed E-state index contributed by atoms with van der Waals surface area (Å²) in [5.74, 6) is -0.916. The molecule has 2 rings (SSSR count). The molecule has 1 aliphatic carbocycles. The quantitative estimate of drug-likeness (QED) is 0.775. The maximum absolute atomic E-state index is 10.8. The number of aromatic nitrogens is 2. The topological polar surface area (TPSA) is 81.1 Å². The first-order valence-electron chi connectivity index (χ1n) is 5.60. The molecule has 1 aromatic heterocycles. The maximum atomic E-state index is 10.8. The molecule has 5 nitrogen and oxygen atoms in total. The third-order valence-electron chi connectivity index (χ3n) is 3.21. The molecule has 1 unspecified atom stereocenters. The first kappa shape index (κ1) is 11.1. The lowest BCUT2D eigenvalue weighted by Crippen LogP contribution is -2.20. The number of aryl methyl sites for hydroxylation is 2. The lowest BCUT2D eigenvalue weighted by atomic mass is 9.97. The van der Waals surface area contributed by atoms with Crippen LogP contribution in [0.4, 0.5) is 0 Å². The molecule has 1 aromatic rings. The second-order valence-corrected chi connectivity index (χ2v) is 4.32. The minimum Gasteiger partial charge on any atom is -0.481 e. The number of carboxylic acid groups (broad SMARTS) is 1. The fourth-order valence-electron chi connectivity index (χ4n) is 2.56. The van der Waals surface area contributed by atoms with Crippen molar-refractivity contribution in [3.05, 3.63) is 17.0 Å². The summed E-state index contributed by atoms with van der Waals surface area (Å²) < 4.78 is 1.81. The number of nitrogens with zero attached hydrogens (tertiary/aromatic N) is 2. The average molecular weight is 223 g/mol. The molecule has 1 heterocycles. The van der Waals surface area contributed by atoms with Crippen molar-refractivity contribution < 1.29 is 9.90 Å². The van der Waals surface area contributed by atoms with Crippen molar-refractivity contribution in [2.45, 2.75) is 31.6 Å². The van der Waals surface area contributed by atoms with E-state index < -0.39 is 5.97 Å². The summed E-state index contributed by atoms with van der Waals surface area (Å²) >= 11 is 0. The fourth-order valence-corrected chi connectivity index (χ4v) is 2.56. The van der Waals surface area contributed by atoms with E-state index >= 15 is 0 Å². The zero-order valence-electron chi connectivity index (χ0n) is 9.44. The van der Waals surface area contributed by atoms with E-state index in [9.17, 15) is 4.79 Å². The highest BCUT2D eigenvalue weighted by atomic mass is 16.4. The number of carbonyl (C=O) groups is 1. The van der Waals surface area contributed by atoms with E-state index in [2.05, 4.69) is 5.10 Å². The van der Waals surface area contributed by atoms with Crippen LogP contribution in [-0.2, 0) is 24.7 Å². The van der Waals surface area contributed by atoms with Gasteiger partial charge in [0.25, 0.3) is 0 Å². The molecule has 0 spiro atoms. The minimum absolute atomic E-state index is 0.0858. The van der Waals surface area contributed by atoms with Gasteiger partial charge < -0.3 is 10.8 Å². The molecule has 3 N–H and O–H groups in total. The van der Waals surface area contributed by atoms with Crippen LogP contribution in [0.5, 0.6) is 0 Å². The number of fused-ring (bicyclic) bond motifs is 1. The lowest BCUT2D eigenvalue weighted by Gasteiger charge is -2.14. The molecule has 1 aliphatic rings. The Hall–Kier alpha value is -1.36. The Balaban J connectivity index is 2.33. The second kappa shape index (κ2) is 4.25. The Morgan fingerprint density at radius 3 is 3.00 bits per heavy atom. The van der Waals surface area contributed by atoms with E-state index in [1.54, 1.807) is 0 Å². The summed E-state index contributed by atoms with van der Waals surface area (Å²) in [4.78, 5) is 10.8. The second-order valence-electron chi connectivity index (χ2n) is 4.32. The van der Waals surface area contributed by atoms with Gasteiger partial charge in [-0.3, -0.25) is 9.48 Å². The number of hydrogen-bond donors (Lipinski definition) is 2. The predicted octanol–water partition coefficient (Wildman–Crippen LogP) is 0.426. The van der Waals surface area contributed by atoms with Crippen molar-refractivity contribution in [1.29, 1.82) is 0 Å². The van der Waals surface area contributed by atoms with Crippen LogP contribution in [0, 0.1) is 0 Å². The Labute approximate surface area is 94.2 Å². The van der Waals surface area contributed by atoms with Crippen LogP contribution in [0.3, 0.4) is 0 Å². The van der Waals surface area contributed by atoms with Crippen LogP contribution >= 0.6 is 0 Å². The molecule has 0 amide bonds. The molecule has 16 heavy (non-hydrogen) atoms. The van der Waals surface area contributed by atoms with E-state index in [1.165, 1.54) is 5.56 Å². The van der Waals surface area contributed by atoms with Crippen LogP contribution in [0.1, 0.15) is 35.7 Å². The number of nitrogens with two attached hydrogens (primary N) is 1. The molecule has 0 aromatic carbocycles. The monoisotopic (exact) mass is 223 g/mol. The van der Waals surface area contributed by atoms with Crippen LogP contribution in [-0.4, -0.2) is 27.4 Å². The number of carboxylic acids is 1. The van der Waals surface area contributed by atoms with Crippen molar-refractivity contribution >= 4 is 5.97 Å². The van der Waals surface area contributed by atoms with E-state index in [-0.39, 0.29) is 12.3 Å². The molecule has 0 bridgehead atoms. The third-order valence-corrected chi connectivity index (χ3v) is 3.21. The van der Waals surface area contributed by atoms with E-state index in [4.69, 9.17) is 10.8 Å². The van der Waals surface area contributed by atoms with E-state index in [0.29, 0.717) is 6.54 Å². The van der Waals surface area contributed by atoms with Gasteiger partial charge in [-0.25, -0.2) is 0 Å². The van der Waals surface area contributed by atoms with Gasteiger partial charge in [0.05, 0.1) is 12.1 Å². The first-order valence-corrected chi connectivity index (χ1v) is 5.60. The normalized spacial score (nSPS) is 16.1. The standard InChI is InChI=1S/C11H17N3O2/c1-14-11(7(6-12)5-10(15)16)8-3-2-4-9(8)13-14/h7H,2-6,12H2,1H3,(H,15,16). The van der Waals surface area contributed by atoms with Gasteiger partial charge in [0.15, 0.2) is 0 Å². The maximum Gasteiger partial charge on any atom is 0.304 e. The Bertz CT molecular complexity index is 412. The summed E-state index contributed by atoms with van der Waals surface area (Å²) in [6, 6.07) is 0. The van der Waals surface area contributed by atoms with E-state index in [0.717, 1.165) is 30.7 Å². The fraction of sp³-hybridized carbons (Fsp3) is 0.636. The average Bonchev–Trinajstić information content (AvgIpc) is 2.74. The Morgan fingerprint density at radius 2 is 2.38 bits per heavy atom. The van der Waals surface area contributed by atoms with Crippen molar-refractivity contribution in [3.8, 4) is 0 Å². The number of aliphatic carboxylic acids is 1. The van der Waals surface area contributed by atoms with Crippen LogP contribution in [0.25, 0.3) is 0 Å². The van der Waals surface area contributed by atoms with Gasteiger partial charge >= 0.3 is 5.97 Å². The van der Waals surface area contributed by atoms with Gasteiger partial charge in [-0.15, -0.1) is 0 Å². The highest BCUT2D eigenvalue weighted by molar-refractivity contribution is 5.68. The van der Waals surface area contributed by atoms with Gasteiger partial charge in [-0.1, -0.05) is 0 Å². The van der Waals surface area contributed by atoms with Crippen LogP contribution in [0.15, 0.2) is 0 Å². The Kier molecular flexibility index (Phi) is 2.96. The number of rotatable bonds is 4. The summed E-state index contributed by atoms with van der Waals surface area (Å²) in [5.41, 5.74) is 9.06. The molecule has 0 saturated heterocycles. The van der Waals surface area contributed by atoms with Gasteiger partial charge in [-0.05, 0) is 24.8 Å². The molecule has 0 saturated carbocycles. The predicted molar refractivity (Wildman–Crippen MR) is 59.3 cm³/mol. The van der Waals surface area contributed by atoms with Crippen molar-refractivity contribution in [3.63, 3.8) is 0 Å². The third kappa shape index (κ3) is 1.82. The zero-order valence-corrected chi connectivity index (χ0v) is 9.44. The van der Waals surface area contributed by atoms with Crippen molar-refractivity contribution in [2.75, 3.05) is 6.54 Å². The summed E-state index contributed by atoms with van der Waals surface area (Å²) in [6.45, 7) is 0.359. The Morgan fingerprint density at radius 1 is 1.62 bits per heavy atom. The van der Waals surface area contributed by atoms with Crippen molar-refractivity contribution in [1.82, 2.24) is 9.78 Å². The largest absolute Gasteiger partial charge is 0.481 e. The highest BCUT2D eigenvalue weighted by Gasteiger charge is 2.26. The van der Waals surface area contributed by atoms with Gasteiger partial charge in [0, 0.05) is 25.2 Å². The van der Waals surface area contributed by atoms with Crippen LogP contribution in [0.2, 0.25) is 0 Å².